The van der Waals surface area contributed by atoms with Gasteiger partial charge in [0.25, 0.3) is 0 Å². The molecule has 5 heteroatoms. The largest absolute Gasteiger partial charge is 0.504 e. The van der Waals surface area contributed by atoms with Crippen molar-refractivity contribution in [3.8, 4) is 28.5 Å². The van der Waals surface area contributed by atoms with Crippen LogP contribution in [0, 0.1) is 0 Å². The number of para-hydroxylation sites is 1. The van der Waals surface area contributed by atoms with Crippen LogP contribution < -0.4 is 9.47 Å². The molecule has 3 rings (SSSR count). The molecule has 0 atom stereocenters. The molecular formula is C20H20N2O3. The zero-order valence-corrected chi connectivity index (χ0v) is 14.3. The van der Waals surface area contributed by atoms with E-state index in [4.69, 9.17) is 9.47 Å². The molecule has 2 aromatic carbocycles. The van der Waals surface area contributed by atoms with E-state index in [-0.39, 0.29) is 5.75 Å². The van der Waals surface area contributed by atoms with Gasteiger partial charge >= 0.3 is 0 Å². The Morgan fingerprint density at radius 2 is 1.84 bits per heavy atom. The quantitative estimate of drug-likeness (QED) is 0.741. The van der Waals surface area contributed by atoms with Gasteiger partial charge in [-0.05, 0) is 42.8 Å². The van der Waals surface area contributed by atoms with Crippen LogP contribution in [0.4, 0.5) is 0 Å². The molecule has 1 heterocycles. The van der Waals surface area contributed by atoms with Gasteiger partial charge in [0, 0.05) is 17.7 Å². The summed E-state index contributed by atoms with van der Waals surface area (Å²) in [5.74, 6) is 1.38. The summed E-state index contributed by atoms with van der Waals surface area (Å²) in [4.78, 5) is 8.72. The number of rotatable bonds is 6. The maximum Gasteiger partial charge on any atom is 0.160 e. The van der Waals surface area contributed by atoms with Gasteiger partial charge < -0.3 is 14.6 Å². The highest BCUT2D eigenvalue weighted by atomic mass is 16.5. The molecule has 5 nitrogen and oxygen atoms in total. The molecule has 0 aliphatic rings. The van der Waals surface area contributed by atoms with Gasteiger partial charge in [-0.2, -0.15) is 0 Å². The van der Waals surface area contributed by atoms with Gasteiger partial charge in [-0.15, -0.1) is 0 Å². The molecule has 1 N–H and O–H groups in total. The van der Waals surface area contributed by atoms with Gasteiger partial charge in [-0.1, -0.05) is 18.2 Å². The molecule has 0 aliphatic heterocycles. The first-order valence-electron chi connectivity index (χ1n) is 8.10. The van der Waals surface area contributed by atoms with Crippen molar-refractivity contribution in [1.29, 1.82) is 0 Å². The molecule has 0 spiro atoms. The third-order valence-corrected chi connectivity index (χ3v) is 3.82. The van der Waals surface area contributed by atoms with Crippen LogP contribution >= 0.6 is 0 Å². The minimum atomic E-state index is 0.121. The zero-order chi connectivity index (χ0) is 17.6. The number of phenols is 1. The maximum absolute atomic E-state index is 9.92. The van der Waals surface area contributed by atoms with Gasteiger partial charge in [0.15, 0.2) is 11.5 Å². The monoisotopic (exact) mass is 336 g/mol. The number of benzene rings is 2. The second kappa shape index (κ2) is 7.66. The predicted molar refractivity (Wildman–Crippen MR) is 96.1 cm³/mol. The molecule has 0 amide bonds. The highest BCUT2D eigenvalue weighted by Gasteiger charge is 2.09. The van der Waals surface area contributed by atoms with Crippen LogP contribution in [-0.2, 0) is 6.42 Å². The normalized spacial score (nSPS) is 10.5. The van der Waals surface area contributed by atoms with Crippen LogP contribution in [0.5, 0.6) is 17.2 Å². The number of aromatic hydroxyl groups is 1. The highest BCUT2D eigenvalue weighted by Crippen LogP contribution is 2.30. The smallest absolute Gasteiger partial charge is 0.160 e. The number of methoxy groups -OCH3 is 1. The summed E-state index contributed by atoms with van der Waals surface area (Å²) in [5, 5.41) is 9.92. The van der Waals surface area contributed by atoms with Crippen LogP contribution in [0.1, 0.15) is 18.2 Å². The number of phenolic OH excluding ortho intramolecular Hbond substituents is 1. The molecule has 0 bridgehead atoms. The van der Waals surface area contributed by atoms with Crippen molar-refractivity contribution in [2.75, 3.05) is 13.7 Å². The lowest BCUT2D eigenvalue weighted by Gasteiger charge is -2.10. The summed E-state index contributed by atoms with van der Waals surface area (Å²) in [6, 6.07) is 15.1. The average Bonchev–Trinajstić information content (AvgIpc) is 2.63. The SMILES string of the molecule is CCOc1ccccc1-c1cc(Cc2ccc(OC)c(O)c2)ncn1. The fraction of sp³-hybridized carbons (Fsp3) is 0.200. The number of hydrogen-bond donors (Lipinski definition) is 1. The van der Waals surface area contributed by atoms with E-state index in [1.807, 2.05) is 43.3 Å². The van der Waals surface area contributed by atoms with Gasteiger partial charge in [0.05, 0.1) is 19.4 Å². The Hall–Kier alpha value is -3.08. The van der Waals surface area contributed by atoms with Crippen LogP contribution in [0.15, 0.2) is 54.9 Å². The summed E-state index contributed by atoms with van der Waals surface area (Å²) in [6.07, 6.45) is 2.14. The van der Waals surface area contributed by atoms with Crippen LogP contribution in [0.3, 0.4) is 0 Å². The van der Waals surface area contributed by atoms with Crippen molar-refractivity contribution < 1.29 is 14.6 Å². The third-order valence-electron chi connectivity index (χ3n) is 3.82. The van der Waals surface area contributed by atoms with E-state index in [0.717, 1.165) is 28.3 Å². The average molecular weight is 336 g/mol. The Bertz CT molecular complexity index is 865. The molecule has 0 saturated heterocycles. The molecule has 0 aliphatic carbocycles. The van der Waals surface area contributed by atoms with Crippen molar-refractivity contribution in [3.05, 3.63) is 66.1 Å². The lowest BCUT2D eigenvalue weighted by Crippen LogP contribution is -1.98. The summed E-state index contributed by atoms with van der Waals surface area (Å²) in [5.41, 5.74) is 3.55. The van der Waals surface area contributed by atoms with E-state index in [1.165, 1.54) is 7.11 Å². The van der Waals surface area contributed by atoms with Crippen molar-refractivity contribution in [1.82, 2.24) is 9.97 Å². The Morgan fingerprint density at radius 1 is 1.00 bits per heavy atom. The Balaban J connectivity index is 1.88. The minimum absolute atomic E-state index is 0.121. The van der Waals surface area contributed by atoms with E-state index in [1.54, 1.807) is 18.5 Å². The lowest BCUT2D eigenvalue weighted by molar-refractivity contribution is 0.341. The number of nitrogens with zero attached hydrogens (tertiary/aromatic N) is 2. The van der Waals surface area contributed by atoms with Crippen LogP contribution in [0.2, 0.25) is 0 Å². The topological polar surface area (TPSA) is 64.5 Å². The molecular weight excluding hydrogens is 316 g/mol. The van der Waals surface area contributed by atoms with Gasteiger partial charge in [0.1, 0.15) is 12.1 Å². The van der Waals surface area contributed by atoms with Gasteiger partial charge in [-0.3, -0.25) is 0 Å². The number of hydrogen-bond acceptors (Lipinski definition) is 5. The number of ether oxygens (including phenoxy) is 2. The van der Waals surface area contributed by atoms with E-state index in [2.05, 4.69) is 9.97 Å². The second-order valence-electron chi connectivity index (χ2n) is 5.51. The first-order chi connectivity index (χ1) is 12.2. The van der Waals surface area contributed by atoms with E-state index >= 15 is 0 Å². The molecule has 128 valence electrons. The fourth-order valence-corrected chi connectivity index (χ4v) is 2.66. The molecule has 0 fully saturated rings. The fourth-order valence-electron chi connectivity index (χ4n) is 2.66. The Labute approximate surface area is 146 Å². The van der Waals surface area contributed by atoms with Gasteiger partial charge in [0.2, 0.25) is 0 Å². The van der Waals surface area contributed by atoms with Gasteiger partial charge in [-0.25, -0.2) is 9.97 Å². The van der Waals surface area contributed by atoms with E-state index in [0.29, 0.717) is 18.8 Å². The molecule has 25 heavy (non-hydrogen) atoms. The zero-order valence-electron chi connectivity index (χ0n) is 14.3. The maximum atomic E-state index is 9.92. The Morgan fingerprint density at radius 3 is 2.60 bits per heavy atom. The summed E-state index contributed by atoms with van der Waals surface area (Å²) in [6.45, 7) is 2.55. The Kier molecular flexibility index (Phi) is 5.14. The van der Waals surface area contributed by atoms with E-state index < -0.39 is 0 Å². The van der Waals surface area contributed by atoms with E-state index in [9.17, 15) is 5.11 Å². The van der Waals surface area contributed by atoms with Crippen molar-refractivity contribution in [2.24, 2.45) is 0 Å². The molecule has 1 aromatic heterocycles. The molecule has 0 unspecified atom stereocenters. The van der Waals surface area contributed by atoms with Crippen LogP contribution in [-0.4, -0.2) is 28.8 Å². The highest BCUT2D eigenvalue weighted by molar-refractivity contribution is 5.67. The summed E-state index contributed by atoms with van der Waals surface area (Å²) < 4.78 is 10.8. The lowest BCUT2D eigenvalue weighted by atomic mass is 10.1. The summed E-state index contributed by atoms with van der Waals surface area (Å²) >= 11 is 0. The third kappa shape index (κ3) is 3.88. The van der Waals surface area contributed by atoms with Crippen molar-refractivity contribution >= 4 is 0 Å². The standard InChI is InChI=1S/C20H20N2O3/c1-3-25-19-7-5-4-6-16(19)17-12-15(21-13-22-17)10-14-8-9-20(24-2)18(23)11-14/h4-9,11-13,23H,3,10H2,1-2H3. The first-order valence-corrected chi connectivity index (χ1v) is 8.10. The summed E-state index contributed by atoms with van der Waals surface area (Å²) in [7, 11) is 1.53. The predicted octanol–water partition coefficient (Wildman–Crippen LogP) is 3.85. The molecule has 0 saturated carbocycles. The number of aromatic nitrogens is 2. The van der Waals surface area contributed by atoms with Crippen molar-refractivity contribution in [3.63, 3.8) is 0 Å². The minimum Gasteiger partial charge on any atom is -0.504 e. The molecule has 0 radical (unpaired) electrons. The molecule has 3 aromatic rings. The second-order valence-corrected chi connectivity index (χ2v) is 5.51. The van der Waals surface area contributed by atoms with Crippen LogP contribution in [0.25, 0.3) is 11.3 Å². The van der Waals surface area contributed by atoms with Crippen molar-refractivity contribution in [2.45, 2.75) is 13.3 Å². The first kappa shape index (κ1) is 16.8.